The fourth-order valence-corrected chi connectivity index (χ4v) is 3.12. The van der Waals surface area contributed by atoms with Gasteiger partial charge in [-0.15, -0.1) is 0 Å². The summed E-state index contributed by atoms with van der Waals surface area (Å²) in [5.41, 5.74) is 0. The molecule has 0 unspecified atom stereocenters. The molecule has 0 aliphatic heterocycles. The molecule has 0 aliphatic rings. The molecule has 26 heavy (non-hydrogen) atoms. The smallest absolute Gasteiger partial charge is 0.303 e. The van der Waals surface area contributed by atoms with Crippen LogP contribution in [0, 0.1) is 0 Å². The van der Waals surface area contributed by atoms with E-state index < -0.39 is 5.97 Å². The van der Waals surface area contributed by atoms with E-state index >= 15 is 0 Å². The summed E-state index contributed by atoms with van der Waals surface area (Å²) in [5.74, 6) is -0.688. The van der Waals surface area contributed by atoms with Crippen molar-refractivity contribution in [2.24, 2.45) is 0 Å². The third-order valence-corrected chi connectivity index (χ3v) is 4.81. The highest BCUT2D eigenvalue weighted by molar-refractivity contribution is 5.66. The molecule has 0 aromatic carbocycles. The van der Waals surface area contributed by atoms with E-state index in [9.17, 15) is 4.79 Å². The number of unbranched alkanes of at least 4 members (excludes halogenated alkanes) is 14. The van der Waals surface area contributed by atoms with Crippen molar-refractivity contribution in [3.05, 3.63) is 24.3 Å². The zero-order valence-electron chi connectivity index (χ0n) is 17.4. The molecule has 0 heterocycles. The molecule has 2 heteroatoms. The number of carbonyl (C=O) groups is 1. The van der Waals surface area contributed by atoms with Gasteiger partial charge in [0, 0.05) is 6.42 Å². The van der Waals surface area contributed by atoms with Gasteiger partial charge < -0.3 is 5.11 Å². The normalized spacial score (nSPS) is 11.7. The topological polar surface area (TPSA) is 37.3 Å². The van der Waals surface area contributed by atoms with Crippen LogP contribution in [0.15, 0.2) is 24.3 Å². The van der Waals surface area contributed by atoms with Crippen molar-refractivity contribution >= 4 is 5.97 Å². The maximum Gasteiger partial charge on any atom is 0.303 e. The minimum Gasteiger partial charge on any atom is -0.481 e. The maximum atomic E-state index is 10.4. The average Bonchev–Trinajstić information content (AvgIpc) is 2.62. The van der Waals surface area contributed by atoms with Crippen molar-refractivity contribution in [2.45, 2.75) is 122 Å². The Morgan fingerprint density at radius 1 is 0.577 bits per heavy atom. The predicted octanol–water partition coefficient (Wildman–Crippen LogP) is 8.23. The Morgan fingerprint density at radius 2 is 0.923 bits per heavy atom. The minimum absolute atomic E-state index is 0.290. The van der Waals surface area contributed by atoms with E-state index in [0.717, 1.165) is 19.3 Å². The summed E-state index contributed by atoms with van der Waals surface area (Å²) in [5, 5.41) is 8.54. The van der Waals surface area contributed by atoms with Crippen LogP contribution in [0.25, 0.3) is 0 Å². The van der Waals surface area contributed by atoms with Crippen molar-refractivity contribution in [2.75, 3.05) is 0 Å². The highest BCUT2D eigenvalue weighted by Crippen LogP contribution is 2.11. The lowest BCUT2D eigenvalue weighted by atomic mass is 10.1. The molecule has 0 aromatic heterocycles. The SMILES string of the molecule is CCCCCCCCC=CCCCCCCCCC=CCCCC(=O)O. The lowest BCUT2D eigenvalue weighted by Gasteiger charge is -2.00. The molecule has 0 rings (SSSR count). The number of carboxylic acids is 1. The Labute approximate surface area is 163 Å². The number of rotatable bonds is 20. The standard InChI is InChI=1S/C24H44O2/c1-2-3-4-5-6-7-8-9-10-11-12-13-14-15-16-17-18-19-20-21-22-23-24(25)26/h9-10,19-20H,2-8,11-18,21-23H2,1H3,(H,25,26). The second kappa shape index (κ2) is 22.0. The molecule has 0 aromatic rings. The summed E-state index contributed by atoms with van der Waals surface area (Å²) in [7, 11) is 0. The summed E-state index contributed by atoms with van der Waals surface area (Å²) in [4.78, 5) is 10.4. The van der Waals surface area contributed by atoms with Gasteiger partial charge in [0.1, 0.15) is 0 Å². The van der Waals surface area contributed by atoms with Crippen LogP contribution in [0.3, 0.4) is 0 Å². The fourth-order valence-electron chi connectivity index (χ4n) is 3.12. The van der Waals surface area contributed by atoms with Crippen molar-refractivity contribution in [1.82, 2.24) is 0 Å². The zero-order valence-corrected chi connectivity index (χ0v) is 17.4. The van der Waals surface area contributed by atoms with Crippen LogP contribution >= 0.6 is 0 Å². The first-order valence-corrected chi connectivity index (χ1v) is 11.3. The molecule has 0 spiro atoms. The van der Waals surface area contributed by atoms with E-state index in [1.54, 1.807) is 0 Å². The maximum absolute atomic E-state index is 10.4. The van der Waals surface area contributed by atoms with Crippen molar-refractivity contribution in [3.63, 3.8) is 0 Å². The number of hydrogen-bond donors (Lipinski definition) is 1. The van der Waals surface area contributed by atoms with Gasteiger partial charge in [0.15, 0.2) is 0 Å². The molecule has 0 amide bonds. The molecule has 0 saturated carbocycles. The second-order valence-electron chi connectivity index (χ2n) is 7.48. The molecule has 0 fully saturated rings. The van der Waals surface area contributed by atoms with Crippen LogP contribution in [0.1, 0.15) is 122 Å². The van der Waals surface area contributed by atoms with Gasteiger partial charge in [0.05, 0.1) is 0 Å². The third kappa shape index (κ3) is 22.9. The lowest BCUT2D eigenvalue weighted by molar-refractivity contribution is -0.137. The van der Waals surface area contributed by atoms with Gasteiger partial charge in [-0.05, 0) is 51.4 Å². The van der Waals surface area contributed by atoms with E-state index in [1.165, 1.54) is 89.9 Å². The van der Waals surface area contributed by atoms with E-state index in [1.807, 2.05) is 0 Å². The Hall–Kier alpha value is -1.05. The first kappa shape index (κ1) is 24.9. The van der Waals surface area contributed by atoms with Crippen LogP contribution in [-0.2, 0) is 4.79 Å². The van der Waals surface area contributed by atoms with Gasteiger partial charge >= 0.3 is 5.97 Å². The molecule has 0 radical (unpaired) electrons. The van der Waals surface area contributed by atoms with Crippen LogP contribution in [0.5, 0.6) is 0 Å². The van der Waals surface area contributed by atoms with Gasteiger partial charge in [-0.3, -0.25) is 4.79 Å². The van der Waals surface area contributed by atoms with Gasteiger partial charge in [-0.25, -0.2) is 0 Å². The van der Waals surface area contributed by atoms with Gasteiger partial charge in [-0.2, -0.15) is 0 Å². The molecule has 1 N–H and O–H groups in total. The Bertz CT molecular complexity index is 344. The van der Waals surface area contributed by atoms with Crippen LogP contribution in [0.2, 0.25) is 0 Å². The predicted molar refractivity (Wildman–Crippen MR) is 115 cm³/mol. The van der Waals surface area contributed by atoms with Crippen LogP contribution in [-0.4, -0.2) is 11.1 Å². The lowest BCUT2D eigenvalue weighted by Crippen LogP contribution is -1.92. The van der Waals surface area contributed by atoms with E-state index in [4.69, 9.17) is 5.11 Å². The Morgan fingerprint density at radius 3 is 1.31 bits per heavy atom. The molecular formula is C24H44O2. The zero-order chi connectivity index (χ0) is 19.1. The summed E-state index contributed by atoms with van der Waals surface area (Å²) >= 11 is 0. The largest absolute Gasteiger partial charge is 0.481 e. The van der Waals surface area contributed by atoms with Crippen LogP contribution in [0.4, 0.5) is 0 Å². The molecule has 0 atom stereocenters. The number of hydrogen-bond acceptors (Lipinski definition) is 1. The summed E-state index contributed by atoms with van der Waals surface area (Å²) in [6, 6.07) is 0. The monoisotopic (exact) mass is 364 g/mol. The minimum atomic E-state index is -0.688. The molecule has 152 valence electrons. The summed E-state index contributed by atoms with van der Waals surface area (Å²) in [6.07, 6.45) is 31.2. The fraction of sp³-hybridized carbons (Fsp3) is 0.792. The van der Waals surface area contributed by atoms with Gasteiger partial charge in [0.25, 0.3) is 0 Å². The van der Waals surface area contributed by atoms with E-state index in [0.29, 0.717) is 6.42 Å². The Balaban J connectivity index is 3.13. The van der Waals surface area contributed by atoms with Crippen LogP contribution < -0.4 is 0 Å². The molecule has 0 saturated heterocycles. The van der Waals surface area contributed by atoms with Gasteiger partial charge in [0.2, 0.25) is 0 Å². The molecule has 0 aliphatic carbocycles. The van der Waals surface area contributed by atoms with Crippen molar-refractivity contribution < 1.29 is 9.90 Å². The Kier molecular flexibility index (Phi) is 21.1. The molecule has 2 nitrogen and oxygen atoms in total. The summed E-state index contributed by atoms with van der Waals surface area (Å²) in [6.45, 7) is 2.27. The highest BCUT2D eigenvalue weighted by Gasteiger charge is 1.93. The molecule has 0 bridgehead atoms. The highest BCUT2D eigenvalue weighted by atomic mass is 16.4. The van der Waals surface area contributed by atoms with Crippen molar-refractivity contribution in [1.29, 1.82) is 0 Å². The quantitative estimate of drug-likeness (QED) is 0.174. The summed E-state index contributed by atoms with van der Waals surface area (Å²) < 4.78 is 0. The number of aliphatic carboxylic acids is 1. The van der Waals surface area contributed by atoms with E-state index in [2.05, 4.69) is 31.2 Å². The first-order chi connectivity index (χ1) is 12.8. The number of allylic oxidation sites excluding steroid dienone is 4. The average molecular weight is 365 g/mol. The molecular weight excluding hydrogens is 320 g/mol. The second-order valence-corrected chi connectivity index (χ2v) is 7.48. The van der Waals surface area contributed by atoms with Crippen molar-refractivity contribution in [3.8, 4) is 0 Å². The first-order valence-electron chi connectivity index (χ1n) is 11.3. The number of carboxylic acid groups (broad SMARTS) is 1. The van der Waals surface area contributed by atoms with Gasteiger partial charge in [-0.1, -0.05) is 89.0 Å². The third-order valence-electron chi connectivity index (χ3n) is 4.81. The van der Waals surface area contributed by atoms with E-state index in [-0.39, 0.29) is 0 Å².